The van der Waals surface area contributed by atoms with Gasteiger partial charge in [0.25, 0.3) is 11.8 Å². The Labute approximate surface area is 227 Å². The Morgan fingerprint density at radius 1 is 0.821 bits per heavy atom. The second kappa shape index (κ2) is 12.0. The summed E-state index contributed by atoms with van der Waals surface area (Å²) >= 11 is 0. The third kappa shape index (κ3) is 5.87. The number of rotatable bonds is 10. The largest absolute Gasteiger partial charge is 0.491 e. The summed E-state index contributed by atoms with van der Waals surface area (Å²) in [7, 11) is 0. The van der Waals surface area contributed by atoms with E-state index in [0.29, 0.717) is 48.9 Å². The average Bonchev–Trinajstić information content (AvgIpc) is 3.32. The zero-order chi connectivity index (χ0) is 27.2. The number of fused-ring (bicyclic) bond motifs is 3. The van der Waals surface area contributed by atoms with Crippen LogP contribution < -0.4 is 31.6 Å². The second-order valence-corrected chi connectivity index (χ2v) is 9.46. The van der Waals surface area contributed by atoms with Crippen LogP contribution in [0.25, 0.3) is 0 Å². The van der Waals surface area contributed by atoms with Gasteiger partial charge in [-0.1, -0.05) is 42.5 Å². The molecule has 0 bridgehead atoms. The Morgan fingerprint density at radius 3 is 2.08 bits per heavy atom. The van der Waals surface area contributed by atoms with Crippen LogP contribution in [-0.4, -0.2) is 38.1 Å². The van der Waals surface area contributed by atoms with Crippen LogP contribution in [-0.2, 0) is 6.42 Å². The van der Waals surface area contributed by atoms with Crippen LogP contribution in [0.1, 0.15) is 37.8 Å². The highest BCUT2D eigenvalue weighted by atomic mass is 16.5. The van der Waals surface area contributed by atoms with Crippen molar-refractivity contribution < 1.29 is 19.1 Å². The molecule has 0 radical (unpaired) electrons. The molecule has 2 aliphatic rings. The zero-order valence-electron chi connectivity index (χ0n) is 21.6. The van der Waals surface area contributed by atoms with Crippen LogP contribution in [0.4, 0.5) is 5.69 Å². The van der Waals surface area contributed by atoms with Gasteiger partial charge in [-0.15, -0.1) is 0 Å². The third-order valence-corrected chi connectivity index (χ3v) is 6.83. The van der Waals surface area contributed by atoms with E-state index in [0.717, 1.165) is 17.8 Å². The van der Waals surface area contributed by atoms with Crippen molar-refractivity contribution >= 4 is 17.5 Å². The van der Waals surface area contributed by atoms with Gasteiger partial charge in [0.2, 0.25) is 0 Å². The molecule has 5 rings (SSSR count). The van der Waals surface area contributed by atoms with Crippen LogP contribution in [0.15, 0.2) is 90.7 Å². The SMILES string of the molecule is NCCOc1ccccc1C(=O)NC1=CC2Cc3cc(NC(=O)c4ccccc4OCCN)ccc3C2C=C1. The van der Waals surface area contributed by atoms with Crippen LogP contribution >= 0.6 is 0 Å². The average molecular weight is 525 g/mol. The lowest BCUT2D eigenvalue weighted by Crippen LogP contribution is -2.25. The molecule has 2 unspecified atom stereocenters. The molecule has 0 fully saturated rings. The van der Waals surface area contributed by atoms with Crippen molar-refractivity contribution in [3.63, 3.8) is 0 Å². The molecule has 3 aromatic rings. The van der Waals surface area contributed by atoms with E-state index >= 15 is 0 Å². The van der Waals surface area contributed by atoms with E-state index in [1.165, 1.54) is 11.1 Å². The molecule has 6 N–H and O–H groups in total. The van der Waals surface area contributed by atoms with Gasteiger partial charge >= 0.3 is 0 Å². The summed E-state index contributed by atoms with van der Waals surface area (Å²) in [5.41, 5.74) is 15.9. The van der Waals surface area contributed by atoms with Gasteiger partial charge in [-0.25, -0.2) is 0 Å². The Balaban J connectivity index is 1.26. The molecule has 0 aliphatic heterocycles. The van der Waals surface area contributed by atoms with Crippen molar-refractivity contribution in [3.05, 3.63) is 113 Å². The lowest BCUT2D eigenvalue weighted by Gasteiger charge is -2.20. The Hall–Kier alpha value is -4.40. The number of nitrogens with one attached hydrogen (secondary N) is 2. The first kappa shape index (κ1) is 26.2. The molecule has 2 atom stereocenters. The van der Waals surface area contributed by atoms with E-state index in [1.54, 1.807) is 36.4 Å². The van der Waals surface area contributed by atoms with Crippen LogP contribution in [0.3, 0.4) is 0 Å². The zero-order valence-corrected chi connectivity index (χ0v) is 21.6. The number of ether oxygens (including phenoxy) is 2. The molecule has 0 aromatic heterocycles. The molecule has 200 valence electrons. The number of benzene rings is 3. The molecule has 2 amide bonds. The predicted molar refractivity (Wildman–Crippen MR) is 151 cm³/mol. The van der Waals surface area contributed by atoms with Gasteiger partial charge in [-0.3, -0.25) is 9.59 Å². The minimum absolute atomic E-state index is 0.209. The highest BCUT2D eigenvalue weighted by molar-refractivity contribution is 6.06. The standard InChI is InChI=1S/C31H32N4O4/c32-13-15-38-28-7-3-1-5-26(28)30(36)34-22-9-11-24-20(18-22)17-21-19-23(10-12-25(21)24)35-31(37)27-6-2-4-8-29(27)39-16-14-33/h1-12,18-20,24H,13-17,32-33H2,(H,34,36)(H,35,37). The van der Waals surface area contributed by atoms with Crippen molar-refractivity contribution in [3.8, 4) is 11.5 Å². The molecule has 8 heteroatoms. The maximum absolute atomic E-state index is 13.0. The molecule has 0 spiro atoms. The fourth-order valence-electron chi connectivity index (χ4n) is 5.08. The van der Waals surface area contributed by atoms with Crippen molar-refractivity contribution in [2.24, 2.45) is 17.4 Å². The van der Waals surface area contributed by atoms with Gasteiger partial charge < -0.3 is 31.6 Å². The Bertz CT molecular complexity index is 1430. The van der Waals surface area contributed by atoms with Crippen LogP contribution in [0, 0.1) is 5.92 Å². The highest BCUT2D eigenvalue weighted by Gasteiger charge is 2.32. The smallest absolute Gasteiger partial charge is 0.259 e. The van der Waals surface area contributed by atoms with Gasteiger partial charge in [0.1, 0.15) is 24.7 Å². The number of para-hydroxylation sites is 2. The number of hydrogen-bond acceptors (Lipinski definition) is 6. The van der Waals surface area contributed by atoms with Gasteiger partial charge in [0, 0.05) is 30.4 Å². The Morgan fingerprint density at radius 2 is 1.44 bits per heavy atom. The molecular weight excluding hydrogens is 492 g/mol. The third-order valence-electron chi connectivity index (χ3n) is 6.83. The first-order valence-corrected chi connectivity index (χ1v) is 13.1. The van der Waals surface area contributed by atoms with Gasteiger partial charge in [0.15, 0.2) is 0 Å². The van der Waals surface area contributed by atoms with E-state index in [9.17, 15) is 9.59 Å². The van der Waals surface area contributed by atoms with Crippen LogP contribution in [0.2, 0.25) is 0 Å². The van der Waals surface area contributed by atoms with Crippen molar-refractivity contribution in [1.82, 2.24) is 5.32 Å². The Kier molecular flexibility index (Phi) is 8.05. The van der Waals surface area contributed by atoms with Crippen molar-refractivity contribution in [2.45, 2.75) is 12.3 Å². The second-order valence-electron chi connectivity index (χ2n) is 9.46. The van der Waals surface area contributed by atoms with E-state index in [-0.39, 0.29) is 23.7 Å². The maximum atomic E-state index is 13.0. The summed E-state index contributed by atoms with van der Waals surface area (Å²) in [4.78, 5) is 26.0. The summed E-state index contributed by atoms with van der Waals surface area (Å²) < 4.78 is 11.3. The van der Waals surface area contributed by atoms with Gasteiger partial charge in [0.05, 0.1) is 11.1 Å². The predicted octanol–water partition coefficient (Wildman–Crippen LogP) is 3.75. The fraction of sp³-hybridized carbons (Fsp3) is 0.226. The van der Waals surface area contributed by atoms with E-state index < -0.39 is 0 Å². The summed E-state index contributed by atoms with van der Waals surface area (Å²) in [6.45, 7) is 1.42. The first-order valence-electron chi connectivity index (χ1n) is 13.1. The molecule has 39 heavy (non-hydrogen) atoms. The summed E-state index contributed by atoms with van der Waals surface area (Å²) in [6, 6.07) is 20.3. The maximum Gasteiger partial charge on any atom is 0.259 e. The monoisotopic (exact) mass is 524 g/mol. The van der Waals surface area contributed by atoms with Gasteiger partial charge in [-0.05, 0) is 65.9 Å². The summed E-state index contributed by atoms with van der Waals surface area (Å²) in [5.74, 6) is 0.976. The highest BCUT2D eigenvalue weighted by Crippen LogP contribution is 2.43. The number of hydrogen-bond donors (Lipinski definition) is 4. The number of amides is 2. The number of nitrogens with two attached hydrogens (primary N) is 2. The number of allylic oxidation sites excluding steroid dienone is 3. The lowest BCUT2D eigenvalue weighted by molar-refractivity contribution is 0.0961. The van der Waals surface area contributed by atoms with E-state index in [2.05, 4.69) is 28.9 Å². The molecule has 2 aliphatic carbocycles. The van der Waals surface area contributed by atoms with Crippen LogP contribution in [0.5, 0.6) is 11.5 Å². The number of carbonyl (C=O) groups is 2. The van der Waals surface area contributed by atoms with Crippen molar-refractivity contribution in [2.75, 3.05) is 31.6 Å². The number of carbonyl (C=O) groups excluding carboxylic acids is 2. The quantitative estimate of drug-likeness (QED) is 0.320. The minimum atomic E-state index is -0.238. The fourth-order valence-corrected chi connectivity index (χ4v) is 5.08. The molecule has 0 saturated heterocycles. The molecular formula is C31H32N4O4. The molecule has 0 heterocycles. The normalized spacial score (nSPS) is 17.0. The molecule has 3 aromatic carbocycles. The minimum Gasteiger partial charge on any atom is -0.491 e. The summed E-state index contributed by atoms with van der Waals surface area (Å²) in [5, 5.41) is 6.01. The number of anilines is 1. The van der Waals surface area contributed by atoms with E-state index in [4.69, 9.17) is 20.9 Å². The summed E-state index contributed by atoms with van der Waals surface area (Å²) in [6.07, 6.45) is 6.99. The molecule has 0 saturated carbocycles. The van der Waals surface area contributed by atoms with Gasteiger partial charge in [-0.2, -0.15) is 0 Å². The first-order chi connectivity index (χ1) is 19.1. The molecule has 8 nitrogen and oxygen atoms in total. The van der Waals surface area contributed by atoms with Crippen molar-refractivity contribution in [1.29, 1.82) is 0 Å². The lowest BCUT2D eigenvalue weighted by atomic mass is 9.88. The van der Waals surface area contributed by atoms with E-state index in [1.807, 2.05) is 30.3 Å². The topological polar surface area (TPSA) is 129 Å².